The first kappa shape index (κ1) is 20.9. The van der Waals surface area contributed by atoms with Gasteiger partial charge in [-0.1, -0.05) is 0 Å². The lowest BCUT2D eigenvalue weighted by molar-refractivity contribution is 0.0189. The fraction of sp³-hybridized carbons (Fsp3) is 0.550. The summed E-state index contributed by atoms with van der Waals surface area (Å²) < 4.78 is 30.2. The number of fused-ring (bicyclic) bond motifs is 1. The Kier molecular flexibility index (Phi) is 5.42. The van der Waals surface area contributed by atoms with E-state index in [0.717, 1.165) is 6.07 Å². The van der Waals surface area contributed by atoms with Gasteiger partial charge in [0, 0.05) is 25.2 Å². The largest absolute Gasteiger partial charge is 0.465 e. The molecule has 158 valence electrons. The normalized spacial score (nSPS) is 20.1. The van der Waals surface area contributed by atoms with Gasteiger partial charge in [0.05, 0.1) is 12.7 Å². The minimum absolute atomic E-state index is 0.100. The van der Waals surface area contributed by atoms with E-state index in [1.807, 2.05) is 39.5 Å². The first-order chi connectivity index (χ1) is 13.5. The molecule has 0 saturated carbocycles. The summed E-state index contributed by atoms with van der Waals surface area (Å²) in [6.07, 6.45) is -0.382. The minimum Gasteiger partial charge on any atom is -0.465 e. The van der Waals surface area contributed by atoms with Gasteiger partial charge in [0.2, 0.25) is 0 Å². The van der Waals surface area contributed by atoms with Crippen LogP contribution in [0.5, 0.6) is 0 Å². The van der Waals surface area contributed by atoms with Gasteiger partial charge in [-0.2, -0.15) is 4.98 Å². The number of hydrogen-bond donors (Lipinski definition) is 0. The fourth-order valence-electron chi connectivity index (χ4n) is 3.52. The molecule has 1 aromatic heterocycles. The third kappa shape index (κ3) is 4.13. The number of halogens is 1. The summed E-state index contributed by atoms with van der Waals surface area (Å²) >= 11 is 0. The number of piperazine rings is 1. The Hall–Kier alpha value is -2.84. The molecule has 1 aliphatic heterocycles. The second-order valence-corrected chi connectivity index (χ2v) is 8.25. The maximum atomic E-state index is 14.3. The van der Waals surface area contributed by atoms with Crippen molar-refractivity contribution in [2.75, 3.05) is 25.1 Å². The molecule has 1 aromatic carbocycles. The van der Waals surface area contributed by atoms with Gasteiger partial charge in [-0.25, -0.2) is 14.0 Å². The molecule has 0 bridgehead atoms. The van der Waals surface area contributed by atoms with E-state index in [0.29, 0.717) is 13.1 Å². The lowest BCUT2D eigenvalue weighted by Gasteiger charge is -2.43. The van der Waals surface area contributed by atoms with Crippen molar-refractivity contribution in [2.24, 2.45) is 0 Å². The number of oxazole rings is 1. The molecular weight excluding hydrogens is 381 g/mol. The number of hydrogen-bond acceptors (Lipinski definition) is 7. The Morgan fingerprint density at radius 3 is 2.38 bits per heavy atom. The number of benzene rings is 1. The average Bonchev–Trinajstić information content (AvgIpc) is 3.05. The first-order valence-corrected chi connectivity index (χ1v) is 9.45. The second kappa shape index (κ2) is 7.53. The summed E-state index contributed by atoms with van der Waals surface area (Å²) in [4.78, 5) is 32.3. The van der Waals surface area contributed by atoms with Gasteiger partial charge < -0.3 is 23.7 Å². The van der Waals surface area contributed by atoms with Crippen LogP contribution in [0.1, 0.15) is 45.0 Å². The number of nitrogens with zero attached hydrogens (tertiary/aromatic N) is 3. The van der Waals surface area contributed by atoms with Gasteiger partial charge in [-0.15, -0.1) is 0 Å². The SMILES string of the molecule is COC(=O)c1ccc(F)c2oc(N3[C@@H](C)CN(C(=O)OC(C)(C)C)C[C@@H]3C)nc12. The van der Waals surface area contributed by atoms with Crippen LogP contribution in [-0.2, 0) is 9.47 Å². The van der Waals surface area contributed by atoms with Crippen LogP contribution in [0.3, 0.4) is 0 Å². The Balaban J connectivity index is 1.90. The van der Waals surface area contributed by atoms with E-state index in [4.69, 9.17) is 13.9 Å². The van der Waals surface area contributed by atoms with Crippen LogP contribution < -0.4 is 4.90 Å². The second-order valence-electron chi connectivity index (χ2n) is 8.25. The minimum atomic E-state index is -0.620. The molecule has 1 amide bonds. The monoisotopic (exact) mass is 407 g/mol. The summed E-state index contributed by atoms with van der Waals surface area (Å²) in [5.74, 6) is -1.23. The molecule has 29 heavy (non-hydrogen) atoms. The number of methoxy groups -OCH3 is 1. The highest BCUT2D eigenvalue weighted by Gasteiger charge is 2.36. The molecule has 8 nitrogen and oxygen atoms in total. The number of amides is 1. The summed E-state index contributed by atoms with van der Waals surface area (Å²) in [6, 6.07) is 2.34. The van der Waals surface area contributed by atoms with Crippen molar-refractivity contribution in [2.45, 2.75) is 52.3 Å². The Morgan fingerprint density at radius 1 is 1.21 bits per heavy atom. The molecule has 2 atom stereocenters. The molecule has 0 N–H and O–H groups in total. The van der Waals surface area contributed by atoms with Gasteiger partial charge in [-0.3, -0.25) is 0 Å². The van der Waals surface area contributed by atoms with Gasteiger partial charge in [-0.05, 0) is 46.8 Å². The third-order valence-electron chi connectivity index (χ3n) is 4.68. The van der Waals surface area contributed by atoms with Crippen molar-refractivity contribution in [3.05, 3.63) is 23.5 Å². The van der Waals surface area contributed by atoms with Crippen LogP contribution in [0.15, 0.2) is 16.5 Å². The number of anilines is 1. The van der Waals surface area contributed by atoms with Crippen LogP contribution in [0.4, 0.5) is 15.2 Å². The Bertz CT molecular complexity index is 924. The number of carbonyl (C=O) groups is 2. The van der Waals surface area contributed by atoms with Crippen molar-refractivity contribution in [3.8, 4) is 0 Å². The Morgan fingerprint density at radius 2 is 1.83 bits per heavy atom. The van der Waals surface area contributed by atoms with Crippen molar-refractivity contribution in [1.82, 2.24) is 9.88 Å². The van der Waals surface area contributed by atoms with E-state index in [1.54, 1.807) is 4.90 Å². The third-order valence-corrected chi connectivity index (χ3v) is 4.68. The molecule has 1 aliphatic rings. The topological polar surface area (TPSA) is 85.1 Å². The lowest BCUT2D eigenvalue weighted by Crippen LogP contribution is -2.59. The van der Waals surface area contributed by atoms with E-state index < -0.39 is 17.4 Å². The summed E-state index contributed by atoms with van der Waals surface area (Å²) in [7, 11) is 1.25. The molecule has 0 spiro atoms. The summed E-state index contributed by atoms with van der Waals surface area (Å²) in [5, 5.41) is 0. The Labute approximate surface area is 168 Å². The van der Waals surface area contributed by atoms with Crippen LogP contribution >= 0.6 is 0 Å². The molecule has 0 aliphatic carbocycles. The van der Waals surface area contributed by atoms with Gasteiger partial charge in [0.1, 0.15) is 11.1 Å². The van der Waals surface area contributed by atoms with Gasteiger partial charge >= 0.3 is 12.1 Å². The number of esters is 1. The van der Waals surface area contributed by atoms with Gasteiger partial charge in [0.25, 0.3) is 6.01 Å². The standard InChI is InChI=1S/C20H26FN3O5/c1-11-9-23(19(26)29-20(3,4)5)10-12(2)24(11)18-22-15-13(17(25)27-6)7-8-14(21)16(15)28-18/h7-8,11-12H,9-10H2,1-6H3/t11-,12-/m0/s1. The molecule has 1 fully saturated rings. The molecule has 0 radical (unpaired) electrons. The van der Waals surface area contributed by atoms with Crippen LogP contribution in [0, 0.1) is 5.82 Å². The number of ether oxygens (including phenoxy) is 2. The highest BCUT2D eigenvalue weighted by molar-refractivity contribution is 6.01. The molecule has 0 unspecified atom stereocenters. The first-order valence-electron chi connectivity index (χ1n) is 9.45. The van der Waals surface area contributed by atoms with Crippen LogP contribution in [0.25, 0.3) is 11.1 Å². The fourth-order valence-corrected chi connectivity index (χ4v) is 3.52. The molecule has 2 aromatic rings. The number of aromatic nitrogens is 1. The molecule has 2 heterocycles. The zero-order valence-electron chi connectivity index (χ0n) is 17.5. The van der Waals surface area contributed by atoms with Crippen LogP contribution in [-0.4, -0.2) is 59.8 Å². The quantitative estimate of drug-likeness (QED) is 0.703. The van der Waals surface area contributed by atoms with Crippen molar-refractivity contribution >= 4 is 29.2 Å². The van der Waals surface area contributed by atoms with E-state index in [9.17, 15) is 14.0 Å². The zero-order chi connectivity index (χ0) is 21.5. The predicted molar refractivity (Wildman–Crippen MR) is 105 cm³/mol. The van der Waals surface area contributed by atoms with Crippen LogP contribution in [0.2, 0.25) is 0 Å². The zero-order valence-corrected chi connectivity index (χ0v) is 17.5. The van der Waals surface area contributed by atoms with Gasteiger partial charge in [0.15, 0.2) is 11.4 Å². The average molecular weight is 407 g/mol. The highest BCUT2D eigenvalue weighted by atomic mass is 19.1. The van der Waals surface area contributed by atoms with Crippen molar-refractivity contribution in [1.29, 1.82) is 0 Å². The van der Waals surface area contributed by atoms with Crippen molar-refractivity contribution < 1.29 is 27.9 Å². The summed E-state index contributed by atoms with van der Waals surface area (Å²) in [6.45, 7) is 10.1. The van der Waals surface area contributed by atoms with Crippen molar-refractivity contribution in [3.63, 3.8) is 0 Å². The molecule has 1 saturated heterocycles. The maximum absolute atomic E-state index is 14.3. The summed E-state index contributed by atoms with van der Waals surface area (Å²) in [5.41, 5.74) is -0.438. The van der Waals surface area contributed by atoms with E-state index in [-0.39, 0.29) is 40.9 Å². The highest BCUT2D eigenvalue weighted by Crippen LogP contribution is 2.31. The molecule has 3 rings (SSSR count). The predicted octanol–water partition coefficient (Wildman–Crippen LogP) is 3.59. The number of rotatable bonds is 2. The smallest absolute Gasteiger partial charge is 0.410 e. The van der Waals surface area contributed by atoms with E-state index >= 15 is 0 Å². The number of carbonyl (C=O) groups excluding carboxylic acids is 2. The maximum Gasteiger partial charge on any atom is 0.410 e. The lowest BCUT2D eigenvalue weighted by atomic mass is 10.1. The van der Waals surface area contributed by atoms with E-state index in [2.05, 4.69) is 4.98 Å². The van der Waals surface area contributed by atoms with E-state index in [1.165, 1.54) is 13.2 Å². The molecular formula is C20H26FN3O5. The molecule has 9 heteroatoms.